The molecule has 120 valence electrons. The monoisotopic (exact) mass is 369 g/mol. The zero-order valence-corrected chi connectivity index (χ0v) is 14.1. The van der Waals surface area contributed by atoms with Gasteiger partial charge in [-0.25, -0.2) is 9.59 Å². The first-order chi connectivity index (χ1) is 10.6. The number of halogens is 1. The molecule has 1 saturated heterocycles. The molecule has 0 aromatic heterocycles. The summed E-state index contributed by atoms with van der Waals surface area (Å²) in [6.45, 7) is 4.69. The minimum Gasteiger partial charge on any atom is -0.450 e. The van der Waals surface area contributed by atoms with E-state index in [-0.39, 0.29) is 12.1 Å². The molecule has 22 heavy (non-hydrogen) atoms. The summed E-state index contributed by atoms with van der Waals surface area (Å²) in [4.78, 5) is 27.0. The van der Waals surface area contributed by atoms with E-state index in [1.54, 1.807) is 16.7 Å². The summed E-state index contributed by atoms with van der Waals surface area (Å²) in [5, 5.41) is 2.89. The van der Waals surface area contributed by atoms with Gasteiger partial charge in [0.05, 0.1) is 6.61 Å². The highest BCUT2D eigenvalue weighted by molar-refractivity contribution is 9.10. The summed E-state index contributed by atoms with van der Waals surface area (Å²) in [5.74, 6) is 0. The Balaban J connectivity index is 1.75. The zero-order valence-electron chi connectivity index (χ0n) is 12.5. The molecule has 1 heterocycles. The SMILES string of the molecule is CCOC(=O)N1CCN(C(=O)NCc2ccc(Br)cc2)CC1. The van der Waals surface area contributed by atoms with Crippen molar-refractivity contribution in [2.45, 2.75) is 13.5 Å². The Labute approximate surface area is 138 Å². The van der Waals surface area contributed by atoms with E-state index in [4.69, 9.17) is 4.74 Å². The number of carbonyl (C=O) groups excluding carboxylic acids is 2. The molecule has 1 aromatic rings. The maximum Gasteiger partial charge on any atom is 0.409 e. The molecule has 1 aromatic carbocycles. The third-order valence-electron chi connectivity index (χ3n) is 3.45. The van der Waals surface area contributed by atoms with Gasteiger partial charge in [-0.05, 0) is 24.6 Å². The molecular formula is C15H20BrN3O3. The van der Waals surface area contributed by atoms with Crippen molar-refractivity contribution in [3.8, 4) is 0 Å². The van der Waals surface area contributed by atoms with Crippen molar-refractivity contribution in [2.24, 2.45) is 0 Å². The first-order valence-electron chi connectivity index (χ1n) is 7.29. The molecule has 0 unspecified atom stereocenters. The number of benzene rings is 1. The third kappa shape index (κ3) is 4.62. The highest BCUT2D eigenvalue weighted by Gasteiger charge is 2.24. The molecule has 0 bridgehead atoms. The van der Waals surface area contributed by atoms with Crippen molar-refractivity contribution in [3.63, 3.8) is 0 Å². The number of rotatable bonds is 3. The first kappa shape index (κ1) is 16.6. The van der Waals surface area contributed by atoms with Crippen molar-refractivity contribution >= 4 is 28.1 Å². The van der Waals surface area contributed by atoms with Crippen LogP contribution in [0, 0.1) is 0 Å². The van der Waals surface area contributed by atoms with E-state index in [0.717, 1.165) is 10.0 Å². The van der Waals surface area contributed by atoms with Crippen LogP contribution in [0.25, 0.3) is 0 Å². The lowest BCUT2D eigenvalue weighted by molar-refractivity contribution is 0.0851. The Hall–Kier alpha value is -1.76. The van der Waals surface area contributed by atoms with Crippen LogP contribution in [0.1, 0.15) is 12.5 Å². The second-order valence-corrected chi connectivity index (χ2v) is 5.87. The van der Waals surface area contributed by atoms with Crippen LogP contribution < -0.4 is 5.32 Å². The maximum absolute atomic E-state index is 12.1. The van der Waals surface area contributed by atoms with Gasteiger partial charge in [-0.1, -0.05) is 28.1 Å². The minimum atomic E-state index is -0.308. The molecule has 3 amide bonds. The van der Waals surface area contributed by atoms with Crippen LogP contribution in [0.2, 0.25) is 0 Å². The normalized spacial score (nSPS) is 14.6. The molecule has 1 fully saturated rings. The Morgan fingerprint density at radius 2 is 1.73 bits per heavy atom. The topological polar surface area (TPSA) is 61.9 Å². The van der Waals surface area contributed by atoms with Gasteiger partial charge in [0.2, 0.25) is 0 Å². The molecule has 0 saturated carbocycles. The lowest BCUT2D eigenvalue weighted by atomic mass is 10.2. The van der Waals surface area contributed by atoms with Crippen LogP contribution in [0.3, 0.4) is 0 Å². The fourth-order valence-electron chi connectivity index (χ4n) is 2.20. The molecule has 1 aliphatic heterocycles. The van der Waals surface area contributed by atoms with Gasteiger partial charge in [0.15, 0.2) is 0 Å². The number of hydrogen-bond acceptors (Lipinski definition) is 3. The van der Waals surface area contributed by atoms with Crippen molar-refractivity contribution in [1.29, 1.82) is 0 Å². The molecular weight excluding hydrogens is 350 g/mol. The van der Waals surface area contributed by atoms with Gasteiger partial charge in [0.1, 0.15) is 0 Å². The predicted molar refractivity (Wildman–Crippen MR) is 86.5 cm³/mol. The molecule has 0 aliphatic carbocycles. The number of piperazine rings is 1. The van der Waals surface area contributed by atoms with Gasteiger partial charge in [-0.3, -0.25) is 0 Å². The molecule has 0 radical (unpaired) electrons. The average molecular weight is 370 g/mol. The van der Waals surface area contributed by atoms with Crippen molar-refractivity contribution in [3.05, 3.63) is 34.3 Å². The number of ether oxygens (including phenoxy) is 1. The molecule has 7 heteroatoms. The second-order valence-electron chi connectivity index (χ2n) is 4.96. The highest BCUT2D eigenvalue weighted by atomic mass is 79.9. The summed E-state index contributed by atoms with van der Waals surface area (Å²) in [7, 11) is 0. The van der Waals surface area contributed by atoms with Gasteiger partial charge >= 0.3 is 12.1 Å². The smallest absolute Gasteiger partial charge is 0.409 e. The average Bonchev–Trinajstić information content (AvgIpc) is 2.54. The Kier molecular flexibility index (Phi) is 6.06. The second kappa shape index (κ2) is 8.03. The number of nitrogens with one attached hydrogen (secondary N) is 1. The third-order valence-corrected chi connectivity index (χ3v) is 3.98. The van der Waals surface area contributed by atoms with Gasteiger partial charge < -0.3 is 19.9 Å². The molecule has 2 rings (SSSR count). The van der Waals surface area contributed by atoms with Crippen molar-refractivity contribution < 1.29 is 14.3 Å². The number of hydrogen-bond donors (Lipinski definition) is 1. The van der Waals surface area contributed by atoms with Crippen LogP contribution in [-0.2, 0) is 11.3 Å². The number of nitrogens with zero attached hydrogens (tertiary/aromatic N) is 2. The Morgan fingerprint density at radius 1 is 1.14 bits per heavy atom. The molecule has 0 spiro atoms. The van der Waals surface area contributed by atoms with Gasteiger partial charge in [-0.2, -0.15) is 0 Å². The first-order valence-corrected chi connectivity index (χ1v) is 8.08. The largest absolute Gasteiger partial charge is 0.450 e. The Bertz CT molecular complexity index is 513. The maximum atomic E-state index is 12.1. The molecule has 6 nitrogen and oxygen atoms in total. The summed E-state index contributed by atoms with van der Waals surface area (Å²) in [6.07, 6.45) is -0.308. The van der Waals surface area contributed by atoms with Gasteiger partial charge in [0.25, 0.3) is 0 Å². The van der Waals surface area contributed by atoms with E-state index < -0.39 is 0 Å². The predicted octanol–water partition coefficient (Wildman–Crippen LogP) is 2.43. The van der Waals surface area contributed by atoms with E-state index in [0.29, 0.717) is 39.3 Å². The summed E-state index contributed by atoms with van der Waals surface area (Å²) >= 11 is 3.38. The summed E-state index contributed by atoms with van der Waals surface area (Å²) in [6, 6.07) is 7.71. The molecule has 1 aliphatic rings. The van der Waals surface area contributed by atoms with Gasteiger partial charge in [-0.15, -0.1) is 0 Å². The lowest BCUT2D eigenvalue weighted by Crippen LogP contribution is -2.53. The zero-order chi connectivity index (χ0) is 15.9. The van der Waals surface area contributed by atoms with Crippen LogP contribution in [0.4, 0.5) is 9.59 Å². The summed E-state index contributed by atoms with van der Waals surface area (Å²) < 4.78 is 5.97. The van der Waals surface area contributed by atoms with Gasteiger partial charge in [0, 0.05) is 37.2 Å². The fraction of sp³-hybridized carbons (Fsp3) is 0.467. The van der Waals surface area contributed by atoms with Crippen molar-refractivity contribution in [2.75, 3.05) is 32.8 Å². The quantitative estimate of drug-likeness (QED) is 0.889. The standard InChI is InChI=1S/C15H20BrN3O3/c1-2-22-15(21)19-9-7-18(8-10-19)14(20)17-11-12-3-5-13(16)6-4-12/h3-6H,2,7-11H2,1H3,(H,17,20). The van der Waals surface area contributed by atoms with Crippen molar-refractivity contribution in [1.82, 2.24) is 15.1 Å². The fourth-order valence-corrected chi connectivity index (χ4v) is 2.46. The van der Waals surface area contributed by atoms with Crippen LogP contribution in [0.5, 0.6) is 0 Å². The lowest BCUT2D eigenvalue weighted by Gasteiger charge is -2.34. The van der Waals surface area contributed by atoms with Crippen LogP contribution in [0.15, 0.2) is 28.7 Å². The van der Waals surface area contributed by atoms with E-state index in [9.17, 15) is 9.59 Å². The Morgan fingerprint density at radius 3 is 2.32 bits per heavy atom. The molecule has 0 atom stereocenters. The van der Waals surface area contributed by atoms with E-state index in [2.05, 4.69) is 21.2 Å². The van der Waals surface area contributed by atoms with Crippen LogP contribution >= 0.6 is 15.9 Å². The summed E-state index contributed by atoms with van der Waals surface area (Å²) in [5.41, 5.74) is 1.04. The number of urea groups is 1. The highest BCUT2D eigenvalue weighted by Crippen LogP contribution is 2.10. The van der Waals surface area contributed by atoms with Crippen LogP contribution in [-0.4, -0.2) is 54.7 Å². The van der Waals surface area contributed by atoms with E-state index in [1.165, 1.54) is 0 Å². The minimum absolute atomic E-state index is 0.105. The number of carbonyl (C=O) groups is 2. The van der Waals surface area contributed by atoms with E-state index in [1.807, 2.05) is 24.3 Å². The van der Waals surface area contributed by atoms with E-state index >= 15 is 0 Å². The number of amides is 3. The molecule has 1 N–H and O–H groups in total.